The number of aromatic hydroxyl groups is 1. The number of carbonyl (C=O) groups excluding carboxylic acids is 2. The molecule has 2 aromatic heterocycles. The van der Waals surface area contributed by atoms with Crippen molar-refractivity contribution < 1.29 is 48.6 Å². The highest BCUT2D eigenvalue weighted by atomic mass is 35.5. The van der Waals surface area contributed by atoms with Crippen LogP contribution in [0.5, 0.6) is 5.75 Å². The van der Waals surface area contributed by atoms with Gasteiger partial charge in [-0.3, -0.25) is 9.59 Å². The normalized spacial score (nSPS) is 9.52. The molecule has 7 nitrogen and oxygen atoms in total. The molecule has 0 unspecified atom stereocenters. The Bertz CT molecular complexity index is 941. The van der Waals surface area contributed by atoms with Gasteiger partial charge in [-0.1, -0.05) is 12.1 Å². The van der Waals surface area contributed by atoms with Gasteiger partial charge in [0, 0.05) is 36.0 Å². The third-order valence-corrected chi connectivity index (χ3v) is 3.76. The Morgan fingerprint density at radius 1 is 0.759 bits per heavy atom. The Morgan fingerprint density at radius 3 is 1.72 bits per heavy atom. The molecular weight excluding hydrogens is 415 g/mol. The van der Waals surface area contributed by atoms with Gasteiger partial charge >= 0.3 is 0 Å². The van der Waals surface area contributed by atoms with E-state index in [0.29, 0.717) is 5.69 Å². The molecule has 152 valence electrons. The summed E-state index contributed by atoms with van der Waals surface area (Å²) in [5, 5.41) is 15.5. The predicted molar refractivity (Wildman–Crippen MR) is 98.6 cm³/mol. The van der Waals surface area contributed by atoms with Gasteiger partial charge in [0.15, 0.2) is 24.8 Å². The number of pyridine rings is 2. The zero-order chi connectivity index (χ0) is 19.1. The first-order chi connectivity index (χ1) is 13.1. The lowest BCUT2D eigenvalue weighted by Gasteiger charge is -2.09. The number of amides is 2. The molecule has 3 aromatic rings. The molecule has 0 saturated heterocycles. The standard InChI is InChI=1S/C20H18N4O3.2ClH/c25-18-13-16(21-19(26)14-23-9-3-1-4-10-23)7-8-17(18)22-20(27)15-24-11-5-2-6-12-24;;/h1-13H,14-15H2,(H-2,21,22,25,26,27);2*1H. The van der Waals surface area contributed by atoms with E-state index in [0.717, 1.165) is 0 Å². The molecular formula is C20H20Cl2N4O3. The van der Waals surface area contributed by atoms with Crippen LogP contribution in [0.2, 0.25) is 0 Å². The maximum absolute atomic E-state index is 12.1. The van der Waals surface area contributed by atoms with Crippen molar-refractivity contribution in [1.82, 2.24) is 0 Å². The van der Waals surface area contributed by atoms with Crippen molar-refractivity contribution in [2.75, 3.05) is 10.6 Å². The Morgan fingerprint density at radius 2 is 1.24 bits per heavy atom. The summed E-state index contributed by atoms with van der Waals surface area (Å²) in [4.78, 5) is 24.2. The molecule has 9 heteroatoms. The molecule has 0 atom stereocenters. The molecule has 3 N–H and O–H groups in total. The van der Waals surface area contributed by atoms with Gasteiger partial charge in [-0.05, 0) is 12.1 Å². The van der Waals surface area contributed by atoms with Crippen molar-refractivity contribution >= 4 is 23.2 Å². The molecule has 1 aromatic carbocycles. The molecule has 0 aliphatic carbocycles. The molecule has 0 aliphatic heterocycles. The Labute approximate surface area is 180 Å². The summed E-state index contributed by atoms with van der Waals surface area (Å²) in [6, 6.07) is 15.6. The van der Waals surface area contributed by atoms with Gasteiger partial charge < -0.3 is 40.6 Å². The van der Waals surface area contributed by atoms with Crippen LogP contribution in [-0.2, 0) is 22.7 Å². The van der Waals surface area contributed by atoms with Crippen molar-refractivity contribution in [3.8, 4) is 5.75 Å². The van der Waals surface area contributed by atoms with Crippen molar-refractivity contribution in [3.63, 3.8) is 0 Å². The van der Waals surface area contributed by atoms with Crippen molar-refractivity contribution in [2.45, 2.75) is 13.1 Å². The lowest BCUT2D eigenvalue weighted by molar-refractivity contribution is -0.684. The molecule has 29 heavy (non-hydrogen) atoms. The molecule has 2 heterocycles. The van der Waals surface area contributed by atoms with Gasteiger partial charge in [0.2, 0.25) is 13.1 Å². The summed E-state index contributed by atoms with van der Waals surface area (Å²) in [5.74, 6) is -0.604. The molecule has 0 spiro atoms. The smallest absolute Gasteiger partial charge is 0.290 e. The highest BCUT2D eigenvalue weighted by Gasteiger charge is 2.13. The minimum Gasteiger partial charge on any atom is -1.00 e. The van der Waals surface area contributed by atoms with E-state index in [1.807, 2.05) is 36.4 Å². The number of hydrogen-bond donors (Lipinski definition) is 3. The van der Waals surface area contributed by atoms with E-state index in [9.17, 15) is 14.7 Å². The summed E-state index contributed by atoms with van der Waals surface area (Å²) in [6.45, 7) is 0.293. The average Bonchev–Trinajstić information content (AvgIpc) is 2.65. The van der Waals surface area contributed by atoms with E-state index in [2.05, 4.69) is 10.6 Å². The molecule has 3 rings (SSSR count). The molecule has 2 amide bonds. The van der Waals surface area contributed by atoms with Crippen LogP contribution in [0.3, 0.4) is 0 Å². The summed E-state index contributed by atoms with van der Waals surface area (Å²) in [7, 11) is 0. The van der Waals surface area contributed by atoms with E-state index in [1.165, 1.54) is 6.07 Å². The molecule has 0 radical (unpaired) electrons. The van der Waals surface area contributed by atoms with Crippen LogP contribution in [-0.4, -0.2) is 16.9 Å². The minimum atomic E-state index is -0.265. The van der Waals surface area contributed by atoms with E-state index >= 15 is 0 Å². The fraction of sp³-hybridized carbons (Fsp3) is 0.100. The van der Waals surface area contributed by atoms with E-state index in [4.69, 9.17) is 0 Å². The summed E-state index contributed by atoms with van der Waals surface area (Å²) >= 11 is 0. The average molecular weight is 435 g/mol. The maximum atomic E-state index is 12.1. The predicted octanol–water partition coefficient (Wildman–Crippen LogP) is -4.75. The first-order valence-electron chi connectivity index (χ1n) is 8.41. The first kappa shape index (κ1) is 23.9. The number of phenolic OH excluding ortho intramolecular Hbond substituents is 1. The largest absolute Gasteiger partial charge is 1.00 e. The topological polar surface area (TPSA) is 86.2 Å². The van der Waals surface area contributed by atoms with Gasteiger partial charge in [0.25, 0.3) is 11.8 Å². The second-order valence-electron chi connectivity index (χ2n) is 5.92. The number of anilines is 2. The zero-order valence-electron chi connectivity index (χ0n) is 15.3. The van der Waals surface area contributed by atoms with E-state index in [1.54, 1.807) is 46.1 Å². The second-order valence-corrected chi connectivity index (χ2v) is 5.92. The van der Waals surface area contributed by atoms with Crippen molar-refractivity contribution in [1.29, 1.82) is 0 Å². The fourth-order valence-corrected chi connectivity index (χ4v) is 2.52. The Hall–Kier alpha value is -3.16. The third kappa shape index (κ3) is 7.40. The Balaban J connectivity index is 0.00000210. The number of nitrogens with one attached hydrogen (secondary N) is 2. The van der Waals surface area contributed by atoms with Crippen LogP contribution in [0.25, 0.3) is 0 Å². The number of hydrogen-bond acceptors (Lipinski definition) is 3. The molecule has 0 bridgehead atoms. The number of nitrogens with zero attached hydrogens (tertiary/aromatic N) is 2. The summed E-state index contributed by atoms with van der Waals surface area (Å²) in [6.07, 6.45) is 7.15. The van der Waals surface area contributed by atoms with Crippen LogP contribution >= 0.6 is 0 Å². The van der Waals surface area contributed by atoms with Crippen LogP contribution < -0.4 is 44.6 Å². The summed E-state index contributed by atoms with van der Waals surface area (Å²) in [5.41, 5.74) is 0.733. The van der Waals surface area contributed by atoms with Gasteiger partial charge in [-0.25, -0.2) is 0 Å². The molecule has 0 aliphatic rings. The number of benzene rings is 1. The lowest BCUT2D eigenvalue weighted by atomic mass is 10.2. The van der Waals surface area contributed by atoms with Crippen molar-refractivity contribution in [3.05, 3.63) is 79.4 Å². The second kappa shape index (κ2) is 11.6. The number of phenols is 1. The summed E-state index contributed by atoms with van der Waals surface area (Å²) < 4.78 is 3.47. The van der Waals surface area contributed by atoms with Crippen LogP contribution in [0.4, 0.5) is 11.4 Å². The lowest BCUT2D eigenvalue weighted by Crippen LogP contribution is -3.00. The fourth-order valence-electron chi connectivity index (χ4n) is 2.52. The number of aromatic nitrogens is 2. The number of carbonyl (C=O) groups is 2. The molecule has 0 fully saturated rings. The van der Waals surface area contributed by atoms with Gasteiger partial charge in [0.1, 0.15) is 5.75 Å². The molecule has 0 saturated carbocycles. The van der Waals surface area contributed by atoms with Crippen LogP contribution in [0.15, 0.2) is 79.4 Å². The van der Waals surface area contributed by atoms with Gasteiger partial charge in [-0.15, -0.1) is 0 Å². The van der Waals surface area contributed by atoms with Gasteiger partial charge in [0.05, 0.1) is 5.69 Å². The Kier molecular flexibility index (Phi) is 9.58. The maximum Gasteiger partial charge on any atom is 0.290 e. The third-order valence-electron chi connectivity index (χ3n) is 3.76. The van der Waals surface area contributed by atoms with Gasteiger partial charge in [-0.2, -0.15) is 9.13 Å². The monoisotopic (exact) mass is 434 g/mol. The highest BCUT2D eigenvalue weighted by molar-refractivity contribution is 5.93. The SMILES string of the molecule is O=C(C[n+]1ccccc1)Nc1ccc(NC(=O)C[n+]2ccccc2)c(O)c1.[Cl-].[Cl-]. The minimum absolute atomic E-state index is 0. The highest BCUT2D eigenvalue weighted by Crippen LogP contribution is 2.26. The number of rotatable bonds is 6. The van der Waals surface area contributed by atoms with E-state index < -0.39 is 0 Å². The number of halogens is 2. The van der Waals surface area contributed by atoms with Crippen molar-refractivity contribution in [2.24, 2.45) is 0 Å². The quantitative estimate of drug-likeness (QED) is 0.269. The van der Waals surface area contributed by atoms with Crippen LogP contribution in [0, 0.1) is 0 Å². The first-order valence-corrected chi connectivity index (χ1v) is 8.41. The van der Waals surface area contributed by atoms with Crippen LogP contribution in [0.1, 0.15) is 0 Å². The zero-order valence-corrected chi connectivity index (χ0v) is 16.8. The van der Waals surface area contributed by atoms with E-state index in [-0.39, 0.29) is 61.2 Å².